The molecule has 0 fully saturated rings. The number of carbonyl (C=O) groups is 1. The van der Waals surface area contributed by atoms with Crippen LogP contribution in [0.25, 0.3) is 22.6 Å². The van der Waals surface area contributed by atoms with Gasteiger partial charge in [-0.3, -0.25) is 10.1 Å². The van der Waals surface area contributed by atoms with Gasteiger partial charge >= 0.3 is 0 Å². The second kappa shape index (κ2) is 9.03. The molecule has 0 radical (unpaired) electrons. The molecule has 1 amide bonds. The minimum absolute atomic E-state index is 0.214. The largest absolute Gasteiger partial charge is 0.497 e. The van der Waals surface area contributed by atoms with Crippen molar-refractivity contribution in [1.82, 2.24) is 10.3 Å². The molecule has 31 heavy (non-hydrogen) atoms. The zero-order valence-corrected chi connectivity index (χ0v) is 19.7. The fourth-order valence-electron chi connectivity index (χ4n) is 3.01. The Morgan fingerprint density at radius 2 is 1.97 bits per heavy atom. The van der Waals surface area contributed by atoms with Crippen LogP contribution in [0.3, 0.4) is 0 Å². The van der Waals surface area contributed by atoms with Gasteiger partial charge < -0.3 is 14.5 Å². The second-order valence-corrected chi connectivity index (χ2v) is 8.45. The molecule has 2 N–H and O–H groups in total. The molecular formula is C23H18IN3O3S. The number of nitrogens with zero attached hydrogens (tertiary/aromatic N) is 1. The van der Waals surface area contributed by atoms with Crippen molar-refractivity contribution in [2.24, 2.45) is 0 Å². The Morgan fingerprint density at radius 1 is 1.13 bits per heavy atom. The number of ether oxygens (including phenoxy) is 1. The maximum Gasteiger partial charge on any atom is 0.257 e. The Morgan fingerprint density at radius 3 is 2.74 bits per heavy atom. The number of amides is 1. The molecule has 0 atom stereocenters. The number of hydrogen-bond acceptors (Lipinski definition) is 5. The Kier molecular flexibility index (Phi) is 6.19. The van der Waals surface area contributed by atoms with E-state index >= 15 is 0 Å². The molecule has 4 rings (SSSR count). The SMILES string of the molecule is COc1ccc2oc(-c3ccc(C)c(NC(=S)NC(=O)c4cccc(I)c4)c3)nc2c1. The van der Waals surface area contributed by atoms with E-state index in [4.69, 9.17) is 21.4 Å². The lowest BCUT2D eigenvalue weighted by atomic mass is 10.1. The van der Waals surface area contributed by atoms with E-state index in [9.17, 15) is 4.79 Å². The number of hydrogen-bond donors (Lipinski definition) is 2. The number of thiocarbonyl (C=S) groups is 1. The minimum Gasteiger partial charge on any atom is -0.497 e. The fraction of sp³-hybridized carbons (Fsp3) is 0.0870. The van der Waals surface area contributed by atoms with Crippen LogP contribution in [0.2, 0.25) is 0 Å². The molecule has 0 aliphatic carbocycles. The fourth-order valence-corrected chi connectivity index (χ4v) is 3.75. The average molecular weight is 543 g/mol. The number of oxazole rings is 1. The highest BCUT2D eigenvalue weighted by Crippen LogP contribution is 2.29. The van der Waals surface area contributed by atoms with Crippen LogP contribution in [-0.4, -0.2) is 23.1 Å². The van der Waals surface area contributed by atoms with Crippen LogP contribution < -0.4 is 15.4 Å². The summed E-state index contributed by atoms with van der Waals surface area (Å²) in [6.07, 6.45) is 0. The molecule has 0 bridgehead atoms. The minimum atomic E-state index is -0.266. The highest BCUT2D eigenvalue weighted by atomic mass is 127. The number of anilines is 1. The highest BCUT2D eigenvalue weighted by Gasteiger charge is 2.13. The van der Waals surface area contributed by atoms with E-state index in [0.717, 1.165) is 20.4 Å². The van der Waals surface area contributed by atoms with Gasteiger partial charge in [0.2, 0.25) is 5.89 Å². The van der Waals surface area contributed by atoms with E-state index < -0.39 is 0 Å². The molecule has 0 spiro atoms. The normalized spacial score (nSPS) is 10.7. The summed E-state index contributed by atoms with van der Waals surface area (Å²) in [6, 6.07) is 18.5. The van der Waals surface area contributed by atoms with Gasteiger partial charge in [0.05, 0.1) is 7.11 Å². The Bertz CT molecular complexity index is 1300. The molecule has 156 valence electrons. The lowest BCUT2D eigenvalue weighted by molar-refractivity contribution is 0.0977. The van der Waals surface area contributed by atoms with Crippen molar-refractivity contribution in [2.45, 2.75) is 6.92 Å². The third-order valence-corrected chi connectivity index (χ3v) is 5.52. The molecule has 1 heterocycles. The lowest BCUT2D eigenvalue weighted by Crippen LogP contribution is -2.34. The van der Waals surface area contributed by atoms with Gasteiger partial charge in [-0.05, 0) is 89.8 Å². The van der Waals surface area contributed by atoms with Crippen molar-refractivity contribution >= 4 is 62.6 Å². The molecule has 0 saturated carbocycles. The van der Waals surface area contributed by atoms with Crippen LogP contribution >= 0.6 is 34.8 Å². The van der Waals surface area contributed by atoms with E-state index in [2.05, 4.69) is 38.2 Å². The molecule has 6 nitrogen and oxygen atoms in total. The first-order valence-corrected chi connectivity index (χ1v) is 10.8. The first-order valence-electron chi connectivity index (χ1n) is 9.36. The van der Waals surface area contributed by atoms with Crippen molar-refractivity contribution in [2.75, 3.05) is 12.4 Å². The van der Waals surface area contributed by atoms with Gasteiger partial charge in [-0.2, -0.15) is 0 Å². The van der Waals surface area contributed by atoms with Crippen LogP contribution in [0.1, 0.15) is 15.9 Å². The summed E-state index contributed by atoms with van der Waals surface area (Å²) in [5, 5.41) is 6.03. The summed E-state index contributed by atoms with van der Waals surface area (Å²) < 4.78 is 12.1. The van der Waals surface area contributed by atoms with Crippen LogP contribution in [0, 0.1) is 10.5 Å². The van der Waals surface area contributed by atoms with Gasteiger partial charge in [-0.25, -0.2) is 4.98 Å². The van der Waals surface area contributed by atoms with Crippen LogP contribution in [-0.2, 0) is 0 Å². The third kappa shape index (κ3) is 4.86. The average Bonchev–Trinajstić information content (AvgIpc) is 3.18. The molecule has 8 heteroatoms. The smallest absolute Gasteiger partial charge is 0.257 e. The van der Waals surface area contributed by atoms with Gasteiger partial charge in [-0.15, -0.1) is 0 Å². The van der Waals surface area contributed by atoms with Gasteiger partial charge in [0, 0.05) is 26.5 Å². The van der Waals surface area contributed by atoms with Crippen molar-refractivity contribution in [1.29, 1.82) is 0 Å². The monoisotopic (exact) mass is 543 g/mol. The number of halogens is 1. The molecular weight excluding hydrogens is 525 g/mol. The van der Waals surface area contributed by atoms with Crippen LogP contribution in [0.15, 0.2) is 65.1 Å². The summed E-state index contributed by atoms with van der Waals surface area (Å²) >= 11 is 7.51. The standard InChI is InChI=1S/C23H18IN3O3S/c1-13-6-7-15(22-25-19-12-17(29-2)8-9-20(19)30-22)11-18(13)26-23(31)27-21(28)14-4-3-5-16(24)10-14/h3-12H,1-2H3,(H2,26,27,28,31). The summed E-state index contributed by atoms with van der Waals surface area (Å²) in [7, 11) is 1.61. The van der Waals surface area contributed by atoms with Gasteiger partial charge in [0.1, 0.15) is 11.3 Å². The number of fused-ring (bicyclic) bond motifs is 1. The summed E-state index contributed by atoms with van der Waals surface area (Å²) in [4.78, 5) is 17.0. The Labute approximate surface area is 198 Å². The van der Waals surface area contributed by atoms with E-state index in [1.165, 1.54) is 0 Å². The van der Waals surface area contributed by atoms with Gasteiger partial charge in [0.15, 0.2) is 10.7 Å². The number of nitrogens with one attached hydrogen (secondary N) is 2. The van der Waals surface area contributed by atoms with E-state index in [1.807, 2.05) is 55.5 Å². The maximum absolute atomic E-state index is 12.4. The van der Waals surface area contributed by atoms with E-state index in [-0.39, 0.29) is 11.0 Å². The lowest BCUT2D eigenvalue weighted by Gasteiger charge is -2.12. The maximum atomic E-state index is 12.4. The predicted molar refractivity (Wildman–Crippen MR) is 134 cm³/mol. The number of aromatic nitrogens is 1. The van der Waals surface area contributed by atoms with Crippen LogP contribution in [0.4, 0.5) is 5.69 Å². The van der Waals surface area contributed by atoms with Gasteiger partial charge in [0.25, 0.3) is 5.91 Å². The first kappa shape index (κ1) is 21.3. The van der Waals surface area contributed by atoms with E-state index in [1.54, 1.807) is 19.2 Å². The predicted octanol–water partition coefficient (Wildman–Crippen LogP) is 5.54. The zero-order valence-electron chi connectivity index (χ0n) is 16.7. The summed E-state index contributed by atoms with van der Waals surface area (Å²) in [6.45, 7) is 1.95. The summed E-state index contributed by atoms with van der Waals surface area (Å²) in [5.41, 5.74) is 4.44. The molecule has 0 unspecified atom stereocenters. The van der Waals surface area contributed by atoms with Crippen molar-refractivity contribution in [3.8, 4) is 17.2 Å². The van der Waals surface area contributed by atoms with Crippen molar-refractivity contribution in [3.63, 3.8) is 0 Å². The molecule has 1 aromatic heterocycles. The third-order valence-electron chi connectivity index (χ3n) is 4.64. The zero-order chi connectivity index (χ0) is 22.0. The first-order chi connectivity index (χ1) is 14.9. The van der Waals surface area contributed by atoms with E-state index in [0.29, 0.717) is 28.3 Å². The summed E-state index contributed by atoms with van der Waals surface area (Å²) in [5.74, 6) is 0.936. The number of methoxy groups -OCH3 is 1. The Balaban J connectivity index is 1.54. The molecule has 0 saturated heterocycles. The molecule has 0 aliphatic heterocycles. The topological polar surface area (TPSA) is 76.4 Å². The highest BCUT2D eigenvalue weighted by molar-refractivity contribution is 14.1. The second-order valence-electron chi connectivity index (χ2n) is 6.80. The number of aryl methyl sites for hydroxylation is 1. The van der Waals surface area contributed by atoms with Gasteiger partial charge in [-0.1, -0.05) is 12.1 Å². The van der Waals surface area contributed by atoms with Crippen LogP contribution in [0.5, 0.6) is 5.75 Å². The van der Waals surface area contributed by atoms with Crippen molar-refractivity contribution in [3.05, 3.63) is 75.4 Å². The molecule has 4 aromatic rings. The quantitative estimate of drug-likeness (QED) is 0.260. The Hall–Kier alpha value is -2.98. The number of benzene rings is 3. The molecule has 0 aliphatic rings. The molecule has 3 aromatic carbocycles. The number of rotatable bonds is 4. The van der Waals surface area contributed by atoms with Crippen molar-refractivity contribution < 1.29 is 13.9 Å². The number of carbonyl (C=O) groups excluding carboxylic acids is 1.